The van der Waals surface area contributed by atoms with Crippen LogP contribution in [0.2, 0.25) is 0 Å². The van der Waals surface area contributed by atoms with Gasteiger partial charge < -0.3 is 10.1 Å². The molecule has 2 heterocycles. The molecule has 3 aromatic rings. The maximum atomic E-state index is 13.7. The molecule has 1 aromatic heterocycles. The number of esters is 1. The summed E-state index contributed by atoms with van der Waals surface area (Å²) in [4.78, 5) is 20.3. The molecular formula is C26H22F5N5O2. The van der Waals surface area contributed by atoms with Crippen LogP contribution >= 0.6 is 0 Å². The third-order valence-corrected chi connectivity index (χ3v) is 5.38. The van der Waals surface area contributed by atoms with E-state index in [0.29, 0.717) is 22.8 Å². The second kappa shape index (κ2) is 11.0. The summed E-state index contributed by atoms with van der Waals surface area (Å²) in [5, 5.41) is 3.85. The van der Waals surface area contributed by atoms with Gasteiger partial charge in [0, 0.05) is 35.3 Å². The zero-order chi connectivity index (χ0) is 27.4. The molecule has 1 aliphatic heterocycles. The smallest absolute Gasteiger partial charge is 0.409 e. The van der Waals surface area contributed by atoms with Crippen LogP contribution in [-0.4, -0.2) is 34.8 Å². The van der Waals surface area contributed by atoms with Gasteiger partial charge in [-0.2, -0.15) is 18.2 Å². The minimum atomic E-state index is -4.55. The highest BCUT2D eigenvalue weighted by Crippen LogP contribution is 2.36. The Morgan fingerprint density at radius 2 is 1.92 bits per heavy atom. The SMILES string of the molecule is CCOC(=O)/C=C/c1cccc(-c2cnc(Nc3cc(F)cc(F)c3)nc2N2NC(C(F)(F)F)C=C2C)c1. The van der Waals surface area contributed by atoms with E-state index in [-0.39, 0.29) is 29.8 Å². The van der Waals surface area contributed by atoms with Crippen molar-refractivity contribution in [2.75, 3.05) is 16.9 Å². The molecule has 198 valence electrons. The van der Waals surface area contributed by atoms with Crippen molar-refractivity contribution in [2.45, 2.75) is 26.1 Å². The van der Waals surface area contributed by atoms with Crippen LogP contribution in [0.1, 0.15) is 19.4 Å². The number of rotatable bonds is 7. The van der Waals surface area contributed by atoms with E-state index in [4.69, 9.17) is 4.74 Å². The molecule has 4 rings (SSSR count). The number of allylic oxidation sites excluding steroid dienone is 1. The average Bonchev–Trinajstić information content (AvgIpc) is 3.24. The topological polar surface area (TPSA) is 79.4 Å². The van der Waals surface area contributed by atoms with Gasteiger partial charge in [0.05, 0.1) is 6.61 Å². The molecule has 0 saturated heterocycles. The Morgan fingerprint density at radius 3 is 2.58 bits per heavy atom. The van der Waals surface area contributed by atoms with Gasteiger partial charge in [-0.05, 0) is 55.3 Å². The van der Waals surface area contributed by atoms with Gasteiger partial charge in [0.15, 0.2) is 5.82 Å². The van der Waals surface area contributed by atoms with Gasteiger partial charge in [-0.15, -0.1) is 0 Å². The highest BCUT2D eigenvalue weighted by molar-refractivity contribution is 5.87. The van der Waals surface area contributed by atoms with Crippen LogP contribution in [-0.2, 0) is 9.53 Å². The molecule has 7 nitrogen and oxygen atoms in total. The van der Waals surface area contributed by atoms with Crippen molar-refractivity contribution in [3.63, 3.8) is 0 Å². The molecule has 2 aromatic carbocycles. The number of alkyl halides is 3. The second-order valence-electron chi connectivity index (χ2n) is 8.22. The molecular weight excluding hydrogens is 509 g/mol. The highest BCUT2D eigenvalue weighted by atomic mass is 19.4. The first-order chi connectivity index (χ1) is 18.0. The van der Waals surface area contributed by atoms with Crippen LogP contribution < -0.4 is 15.8 Å². The summed E-state index contributed by atoms with van der Waals surface area (Å²) < 4.78 is 72.5. The van der Waals surface area contributed by atoms with Crippen molar-refractivity contribution in [2.24, 2.45) is 0 Å². The van der Waals surface area contributed by atoms with E-state index >= 15 is 0 Å². The fourth-order valence-corrected chi connectivity index (χ4v) is 3.72. The summed E-state index contributed by atoms with van der Waals surface area (Å²) in [7, 11) is 0. The number of carbonyl (C=O) groups is 1. The molecule has 0 saturated carbocycles. The summed E-state index contributed by atoms with van der Waals surface area (Å²) in [5.41, 5.74) is 4.15. The predicted octanol–water partition coefficient (Wildman–Crippen LogP) is 5.90. The first kappa shape index (κ1) is 26.7. The number of nitrogens with zero attached hydrogens (tertiary/aromatic N) is 3. The van der Waals surface area contributed by atoms with E-state index in [2.05, 4.69) is 20.7 Å². The number of anilines is 3. The van der Waals surface area contributed by atoms with Crippen LogP contribution in [0.3, 0.4) is 0 Å². The van der Waals surface area contributed by atoms with Gasteiger partial charge >= 0.3 is 12.1 Å². The van der Waals surface area contributed by atoms with E-state index in [0.717, 1.165) is 18.2 Å². The Bertz CT molecular complexity index is 1390. The Morgan fingerprint density at radius 1 is 1.18 bits per heavy atom. The number of aromatic nitrogens is 2. The largest absolute Gasteiger partial charge is 0.463 e. The number of hydrogen-bond acceptors (Lipinski definition) is 7. The third-order valence-electron chi connectivity index (χ3n) is 5.38. The number of halogens is 5. The predicted molar refractivity (Wildman–Crippen MR) is 132 cm³/mol. The van der Waals surface area contributed by atoms with E-state index in [1.807, 2.05) is 0 Å². The average molecular weight is 531 g/mol. The lowest BCUT2D eigenvalue weighted by molar-refractivity contribution is -0.143. The van der Waals surface area contributed by atoms with Crippen molar-refractivity contribution >= 4 is 29.5 Å². The van der Waals surface area contributed by atoms with Crippen LogP contribution in [0, 0.1) is 11.6 Å². The van der Waals surface area contributed by atoms with Crippen LogP contribution in [0.15, 0.2) is 66.5 Å². The zero-order valence-corrected chi connectivity index (χ0v) is 20.2. The first-order valence-electron chi connectivity index (χ1n) is 11.4. The molecule has 0 radical (unpaired) electrons. The van der Waals surface area contributed by atoms with Crippen molar-refractivity contribution < 1.29 is 31.5 Å². The first-order valence-corrected chi connectivity index (χ1v) is 11.4. The minimum Gasteiger partial charge on any atom is -0.463 e. The standard InChI is InChI=1S/C26H22F5N5O2/c1-3-38-23(37)8-7-16-5-4-6-17(10-16)21-14-32-25(33-20-12-18(27)11-19(28)13-20)34-24(21)36-15(2)9-22(35-36)26(29,30)31/h4-14,22,35H,3H2,1-2H3,(H,32,33,34)/b8-7+. The molecule has 12 heteroatoms. The van der Waals surface area contributed by atoms with E-state index in [1.54, 1.807) is 31.2 Å². The van der Waals surface area contributed by atoms with Crippen LogP contribution in [0.5, 0.6) is 0 Å². The van der Waals surface area contributed by atoms with Crippen molar-refractivity contribution in [1.82, 2.24) is 15.4 Å². The van der Waals surface area contributed by atoms with Gasteiger partial charge in [-0.25, -0.2) is 24.0 Å². The molecule has 0 aliphatic carbocycles. The van der Waals surface area contributed by atoms with Gasteiger partial charge in [-0.1, -0.05) is 18.2 Å². The number of carbonyl (C=O) groups excluding carboxylic acids is 1. The van der Waals surface area contributed by atoms with Gasteiger partial charge in [0.2, 0.25) is 5.95 Å². The van der Waals surface area contributed by atoms with E-state index < -0.39 is 29.8 Å². The lowest BCUT2D eigenvalue weighted by Crippen LogP contribution is -2.45. The van der Waals surface area contributed by atoms with Crippen LogP contribution in [0.25, 0.3) is 17.2 Å². The normalized spacial score (nSPS) is 15.6. The molecule has 1 aliphatic rings. The molecule has 0 amide bonds. The molecule has 38 heavy (non-hydrogen) atoms. The molecule has 2 N–H and O–H groups in total. The third kappa shape index (κ3) is 6.32. The number of hydrogen-bond donors (Lipinski definition) is 2. The summed E-state index contributed by atoms with van der Waals surface area (Å²) >= 11 is 0. The Balaban J connectivity index is 1.75. The molecule has 0 bridgehead atoms. The van der Waals surface area contributed by atoms with Crippen molar-refractivity contribution in [1.29, 1.82) is 0 Å². The van der Waals surface area contributed by atoms with Crippen molar-refractivity contribution in [3.8, 4) is 11.1 Å². The van der Waals surface area contributed by atoms with Crippen LogP contribution in [0.4, 0.5) is 39.4 Å². The van der Waals surface area contributed by atoms with E-state index in [9.17, 15) is 26.7 Å². The molecule has 0 spiro atoms. The molecule has 0 fully saturated rings. The maximum Gasteiger partial charge on any atom is 0.409 e. The summed E-state index contributed by atoms with van der Waals surface area (Å²) in [5.74, 6) is -2.22. The maximum absolute atomic E-state index is 13.7. The highest BCUT2D eigenvalue weighted by Gasteiger charge is 2.43. The fraction of sp³-hybridized carbons (Fsp3) is 0.192. The quantitative estimate of drug-likeness (QED) is 0.223. The summed E-state index contributed by atoms with van der Waals surface area (Å²) in [6, 6.07) is 7.63. The lowest BCUT2D eigenvalue weighted by atomic mass is 10.0. The van der Waals surface area contributed by atoms with Gasteiger partial charge in [-0.3, -0.25) is 5.01 Å². The number of hydrazine groups is 1. The number of benzene rings is 2. The lowest BCUT2D eigenvalue weighted by Gasteiger charge is -2.25. The Hall–Kier alpha value is -4.32. The monoisotopic (exact) mass is 531 g/mol. The Kier molecular flexibility index (Phi) is 7.72. The molecule has 1 atom stereocenters. The number of ether oxygens (including phenoxy) is 1. The van der Waals surface area contributed by atoms with E-state index in [1.165, 1.54) is 30.3 Å². The van der Waals surface area contributed by atoms with Crippen molar-refractivity contribution in [3.05, 3.63) is 83.7 Å². The minimum absolute atomic E-state index is 0.0158. The second-order valence-corrected chi connectivity index (χ2v) is 8.22. The summed E-state index contributed by atoms with van der Waals surface area (Å²) in [6.45, 7) is 3.39. The van der Waals surface area contributed by atoms with Gasteiger partial charge in [0.1, 0.15) is 17.7 Å². The van der Waals surface area contributed by atoms with Gasteiger partial charge in [0.25, 0.3) is 0 Å². The number of nitrogens with one attached hydrogen (secondary N) is 2. The zero-order valence-electron chi connectivity index (χ0n) is 20.2. The Labute approximate surface area is 214 Å². The summed E-state index contributed by atoms with van der Waals surface area (Å²) in [6.07, 6.45) is 0.633. The molecule has 1 unspecified atom stereocenters. The fourth-order valence-electron chi connectivity index (χ4n) is 3.72.